The van der Waals surface area contributed by atoms with E-state index in [1.165, 1.54) is 30.8 Å². The van der Waals surface area contributed by atoms with Gasteiger partial charge in [-0.3, -0.25) is 0 Å². The zero-order chi connectivity index (χ0) is 13.7. The first kappa shape index (κ1) is 15.3. The molecule has 0 aromatic carbocycles. The van der Waals surface area contributed by atoms with Crippen molar-refractivity contribution in [3.8, 4) is 0 Å². The molecule has 1 aromatic heterocycles. The summed E-state index contributed by atoms with van der Waals surface area (Å²) >= 11 is 7.57. The van der Waals surface area contributed by atoms with E-state index in [9.17, 15) is 0 Å². The van der Waals surface area contributed by atoms with Gasteiger partial charge in [0.2, 0.25) is 0 Å². The standard InChI is InChI=1S/C14H24ClN3S/c1-17(11-12-4-3-8-18(12)2)9-7-16-10-13-5-6-14(15)19-13/h5-6,12,16H,3-4,7-11H2,1-2H3. The lowest BCUT2D eigenvalue weighted by molar-refractivity contribution is 0.220. The molecular weight excluding hydrogens is 278 g/mol. The summed E-state index contributed by atoms with van der Waals surface area (Å²) < 4.78 is 0.873. The van der Waals surface area contributed by atoms with Crippen LogP contribution in [0.2, 0.25) is 4.34 Å². The number of likely N-dealkylation sites (N-methyl/N-ethyl adjacent to an activating group) is 2. The van der Waals surface area contributed by atoms with Gasteiger partial charge in [0.25, 0.3) is 0 Å². The summed E-state index contributed by atoms with van der Waals surface area (Å²) in [6, 6.07) is 4.81. The molecule has 1 aliphatic rings. The largest absolute Gasteiger partial charge is 0.311 e. The molecule has 0 spiro atoms. The molecular formula is C14H24ClN3S. The maximum Gasteiger partial charge on any atom is 0.0931 e. The van der Waals surface area contributed by atoms with Crippen LogP contribution in [0.15, 0.2) is 12.1 Å². The van der Waals surface area contributed by atoms with Crippen LogP contribution in [0.4, 0.5) is 0 Å². The molecule has 19 heavy (non-hydrogen) atoms. The molecule has 1 aliphatic heterocycles. The average molecular weight is 302 g/mol. The normalized spacial score (nSPS) is 20.5. The fraction of sp³-hybridized carbons (Fsp3) is 0.714. The highest BCUT2D eigenvalue weighted by Crippen LogP contribution is 2.20. The minimum Gasteiger partial charge on any atom is -0.311 e. The summed E-state index contributed by atoms with van der Waals surface area (Å²) in [7, 11) is 4.46. The molecule has 1 unspecified atom stereocenters. The Bertz CT molecular complexity index is 383. The highest BCUT2D eigenvalue weighted by molar-refractivity contribution is 7.16. The van der Waals surface area contributed by atoms with E-state index in [1.807, 2.05) is 6.07 Å². The molecule has 0 bridgehead atoms. The maximum atomic E-state index is 5.91. The van der Waals surface area contributed by atoms with Crippen molar-refractivity contribution in [1.82, 2.24) is 15.1 Å². The van der Waals surface area contributed by atoms with Gasteiger partial charge in [0.15, 0.2) is 0 Å². The van der Waals surface area contributed by atoms with Gasteiger partial charge in [-0.25, -0.2) is 0 Å². The van der Waals surface area contributed by atoms with Crippen LogP contribution in [0.1, 0.15) is 17.7 Å². The molecule has 0 saturated carbocycles. The Morgan fingerprint density at radius 1 is 1.53 bits per heavy atom. The molecule has 5 heteroatoms. The number of nitrogens with zero attached hydrogens (tertiary/aromatic N) is 2. The van der Waals surface area contributed by atoms with Crippen molar-refractivity contribution in [3.05, 3.63) is 21.3 Å². The van der Waals surface area contributed by atoms with Gasteiger partial charge in [0, 0.05) is 37.1 Å². The van der Waals surface area contributed by atoms with E-state index in [2.05, 4.69) is 35.3 Å². The van der Waals surface area contributed by atoms with Crippen molar-refractivity contribution >= 4 is 22.9 Å². The molecule has 108 valence electrons. The molecule has 0 amide bonds. The summed E-state index contributed by atoms with van der Waals surface area (Å²) in [5.74, 6) is 0. The summed E-state index contributed by atoms with van der Waals surface area (Å²) in [5, 5.41) is 3.48. The second kappa shape index (κ2) is 7.60. The predicted molar refractivity (Wildman–Crippen MR) is 84.2 cm³/mol. The summed E-state index contributed by atoms with van der Waals surface area (Å²) in [6.07, 6.45) is 2.70. The van der Waals surface area contributed by atoms with Crippen molar-refractivity contribution in [1.29, 1.82) is 0 Å². The van der Waals surface area contributed by atoms with E-state index in [0.717, 1.165) is 30.0 Å². The molecule has 1 atom stereocenters. The van der Waals surface area contributed by atoms with E-state index >= 15 is 0 Å². The Hall–Kier alpha value is -0.130. The lowest BCUT2D eigenvalue weighted by Crippen LogP contribution is -2.39. The smallest absolute Gasteiger partial charge is 0.0931 e. The molecule has 1 fully saturated rings. The van der Waals surface area contributed by atoms with Gasteiger partial charge < -0.3 is 15.1 Å². The van der Waals surface area contributed by atoms with Gasteiger partial charge in [0.05, 0.1) is 4.34 Å². The van der Waals surface area contributed by atoms with E-state index in [0.29, 0.717) is 0 Å². The van der Waals surface area contributed by atoms with E-state index in [-0.39, 0.29) is 0 Å². The Balaban J connectivity index is 1.57. The van der Waals surface area contributed by atoms with Crippen molar-refractivity contribution in [2.45, 2.75) is 25.4 Å². The lowest BCUT2D eigenvalue weighted by atomic mass is 10.2. The second-order valence-electron chi connectivity index (χ2n) is 5.42. The van der Waals surface area contributed by atoms with Crippen LogP contribution in [0.5, 0.6) is 0 Å². The van der Waals surface area contributed by atoms with Crippen molar-refractivity contribution in [3.63, 3.8) is 0 Å². The zero-order valence-electron chi connectivity index (χ0n) is 11.9. The summed E-state index contributed by atoms with van der Waals surface area (Å²) in [4.78, 5) is 6.22. The van der Waals surface area contributed by atoms with Gasteiger partial charge in [-0.2, -0.15) is 0 Å². The van der Waals surface area contributed by atoms with Crippen LogP contribution < -0.4 is 5.32 Å². The van der Waals surface area contributed by atoms with Gasteiger partial charge in [-0.15, -0.1) is 11.3 Å². The molecule has 0 radical (unpaired) electrons. The summed E-state index contributed by atoms with van der Waals surface area (Å²) in [6.45, 7) is 5.50. The molecule has 2 heterocycles. The van der Waals surface area contributed by atoms with Crippen LogP contribution in [-0.2, 0) is 6.54 Å². The van der Waals surface area contributed by atoms with E-state index in [4.69, 9.17) is 11.6 Å². The van der Waals surface area contributed by atoms with Crippen LogP contribution in [-0.4, -0.2) is 56.1 Å². The van der Waals surface area contributed by atoms with Crippen molar-refractivity contribution in [2.24, 2.45) is 0 Å². The van der Waals surface area contributed by atoms with Gasteiger partial charge in [0.1, 0.15) is 0 Å². The van der Waals surface area contributed by atoms with Crippen LogP contribution >= 0.6 is 22.9 Å². The SMILES string of the molecule is CN(CCNCc1ccc(Cl)s1)CC1CCCN1C. The van der Waals surface area contributed by atoms with E-state index < -0.39 is 0 Å². The molecule has 1 aromatic rings. The van der Waals surface area contributed by atoms with Gasteiger partial charge in [-0.05, 0) is 45.6 Å². The molecule has 3 nitrogen and oxygen atoms in total. The second-order valence-corrected chi connectivity index (χ2v) is 7.22. The topological polar surface area (TPSA) is 18.5 Å². The third kappa shape index (κ3) is 5.04. The fourth-order valence-corrected chi connectivity index (χ4v) is 3.65. The number of rotatable bonds is 7. The highest BCUT2D eigenvalue weighted by atomic mass is 35.5. The Morgan fingerprint density at radius 2 is 2.37 bits per heavy atom. The first-order valence-corrected chi connectivity index (χ1v) is 8.18. The molecule has 1 N–H and O–H groups in total. The molecule has 2 rings (SSSR count). The minimum absolute atomic E-state index is 0.751. The van der Waals surface area contributed by atoms with Crippen LogP contribution in [0.25, 0.3) is 0 Å². The lowest BCUT2D eigenvalue weighted by Gasteiger charge is -2.25. The van der Waals surface area contributed by atoms with E-state index in [1.54, 1.807) is 11.3 Å². The Morgan fingerprint density at radius 3 is 3.00 bits per heavy atom. The number of likely N-dealkylation sites (tertiary alicyclic amines) is 1. The monoisotopic (exact) mass is 301 g/mol. The first-order chi connectivity index (χ1) is 9.15. The summed E-state index contributed by atoms with van der Waals surface area (Å²) in [5.41, 5.74) is 0. The molecule has 0 aliphatic carbocycles. The Kier molecular flexibility index (Phi) is 6.10. The number of thiophene rings is 1. The third-order valence-corrected chi connectivity index (χ3v) is 5.02. The van der Waals surface area contributed by atoms with Crippen molar-refractivity contribution in [2.75, 3.05) is 40.3 Å². The number of nitrogens with one attached hydrogen (secondary N) is 1. The van der Waals surface area contributed by atoms with Crippen LogP contribution in [0, 0.1) is 0 Å². The quantitative estimate of drug-likeness (QED) is 0.781. The van der Waals surface area contributed by atoms with Crippen molar-refractivity contribution < 1.29 is 0 Å². The zero-order valence-corrected chi connectivity index (χ0v) is 13.4. The van der Waals surface area contributed by atoms with Gasteiger partial charge in [-0.1, -0.05) is 11.6 Å². The number of halogens is 1. The highest BCUT2D eigenvalue weighted by Gasteiger charge is 2.21. The third-order valence-electron chi connectivity index (χ3n) is 3.79. The maximum absolute atomic E-state index is 5.91. The van der Waals surface area contributed by atoms with Gasteiger partial charge >= 0.3 is 0 Å². The number of hydrogen-bond donors (Lipinski definition) is 1. The van der Waals surface area contributed by atoms with Crippen LogP contribution in [0.3, 0.4) is 0 Å². The first-order valence-electron chi connectivity index (χ1n) is 6.99. The Labute approximate surface area is 125 Å². The predicted octanol–water partition coefficient (Wildman–Crippen LogP) is 2.52. The minimum atomic E-state index is 0.751. The molecule has 1 saturated heterocycles. The fourth-order valence-electron chi connectivity index (χ4n) is 2.59. The average Bonchev–Trinajstić information content (AvgIpc) is 2.95. The number of hydrogen-bond acceptors (Lipinski definition) is 4.